The van der Waals surface area contributed by atoms with Crippen LogP contribution >= 0.6 is 0 Å². The Kier molecular flexibility index (Phi) is 17.0. The molecule has 0 saturated carbocycles. The molecule has 10 heteroatoms. The number of H-pyrrole nitrogens is 1. The van der Waals surface area contributed by atoms with Crippen molar-refractivity contribution < 1.29 is 30.0 Å². The van der Waals surface area contributed by atoms with Gasteiger partial charge in [0.25, 0.3) is 0 Å². The molecule has 10 nitrogen and oxygen atoms in total. The summed E-state index contributed by atoms with van der Waals surface area (Å²) in [5.74, 6) is 0.849. The third-order valence-electron chi connectivity index (χ3n) is 12.1. The van der Waals surface area contributed by atoms with Crippen LogP contribution in [0.15, 0.2) is 124 Å². The highest BCUT2D eigenvalue weighted by molar-refractivity contribution is 6.24. The van der Waals surface area contributed by atoms with E-state index in [0.29, 0.717) is 80.0 Å². The summed E-state index contributed by atoms with van der Waals surface area (Å²) in [4.78, 5) is 41.9. The van der Waals surface area contributed by atoms with E-state index in [1.807, 2.05) is 26.8 Å². The molecule has 1 aromatic heterocycles. The number of fused-ring (bicyclic) bond motifs is 5. The van der Waals surface area contributed by atoms with Gasteiger partial charge >= 0.3 is 11.9 Å². The second kappa shape index (κ2) is 22.4. The van der Waals surface area contributed by atoms with Crippen molar-refractivity contribution >= 4 is 47.5 Å². The molecule has 0 amide bonds. The van der Waals surface area contributed by atoms with Crippen molar-refractivity contribution in [3.63, 3.8) is 0 Å². The molecule has 0 aromatic carbocycles. The van der Waals surface area contributed by atoms with E-state index >= 15 is 0 Å². The second-order valence-electron chi connectivity index (χ2n) is 17.4. The molecule has 8 bridgehead atoms. The lowest BCUT2D eigenvalue weighted by Crippen LogP contribution is -2.27. The molecular weight excluding hydrogens is 801 g/mol. The van der Waals surface area contributed by atoms with Crippen LogP contribution in [0.5, 0.6) is 0 Å². The molecule has 1 atom stereocenters. The van der Waals surface area contributed by atoms with Gasteiger partial charge in [-0.25, -0.2) is 15.0 Å². The number of nitrogens with one attached hydrogen (secondary N) is 1. The van der Waals surface area contributed by atoms with E-state index in [0.717, 1.165) is 67.1 Å². The predicted octanol–water partition coefficient (Wildman–Crippen LogP) is 10.3. The predicted molar refractivity (Wildman–Crippen MR) is 261 cm³/mol. The summed E-state index contributed by atoms with van der Waals surface area (Å²) in [6, 6.07) is 0. The molecule has 4 aliphatic rings. The molecule has 64 heavy (non-hydrogen) atoms. The highest BCUT2D eigenvalue weighted by atomic mass is 16.4. The van der Waals surface area contributed by atoms with Crippen LogP contribution in [0.1, 0.15) is 137 Å². The fraction of sp³-hybridized carbons (Fsp3) is 0.389. The zero-order chi connectivity index (χ0) is 46.7. The molecule has 1 aromatic rings. The first-order chi connectivity index (χ1) is 30.5. The standard InChI is InChI=1S/C54H64N4O6/c1-10-39-36(7)44-29-50-54(51(60)22-14-21-35(6)20-13-19-34(5)18-12-17-33(4)16-11-15-32(2)3)38(9)45(57-50)28-49-42(31-59)41(24-26-53(63)64)48(58-49)30-47-40(23-25-52(61)62)37(8)43(56-47)27-46(39)55-44/h1,15,17,19,21,27-31,51,58-60H,11-14,16,18,20,22-26H2,2-9H3,(H,61,62)(H,63,64)/b33-17+,34-19+,35-21+,42-31?,46-27?,47-30?,49-28?,50-29?/t51-/m0/s1. The SMILES string of the molecule is C#CC1=C(C)C2=NC1=CC1=NC(=Cc3[nH]c(c(=CO)c3CCC(=O)O)=CC3=NC(=C2)C([C@@H](O)CC/C=C(\C)CC/C=C(\C)CC/C=C(\C)CCC=C(C)C)=C3C)C(CCC(=O)O)=C1C. The zero-order valence-corrected chi connectivity index (χ0v) is 38.8. The van der Waals surface area contributed by atoms with Crippen LogP contribution in [-0.4, -0.2) is 60.6 Å². The highest BCUT2D eigenvalue weighted by Crippen LogP contribution is 2.36. The van der Waals surface area contributed by atoms with Gasteiger partial charge in [-0.05, 0) is 172 Å². The fourth-order valence-electron chi connectivity index (χ4n) is 8.36. The molecule has 0 aliphatic carbocycles. The number of rotatable bonds is 19. The largest absolute Gasteiger partial charge is 0.515 e. The third kappa shape index (κ3) is 12.4. The Balaban J connectivity index is 1.47. The number of aliphatic hydroxyl groups is 2. The summed E-state index contributed by atoms with van der Waals surface area (Å²) in [6.07, 6.45) is 29.9. The van der Waals surface area contributed by atoms with Gasteiger partial charge in [0.05, 0.1) is 57.5 Å². The van der Waals surface area contributed by atoms with Gasteiger partial charge in [0.1, 0.15) is 0 Å². The molecule has 336 valence electrons. The number of terminal acetylenes is 1. The Bertz CT molecular complexity index is 2660. The molecule has 0 saturated heterocycles. The number of carboxylic acid groups (broad SMARTS) is 2. The number of carboxylic acids is 2. The lowest BCUT2D eigenvalue weighted by atomic mass is 9.95. The number of aliphatic hydroxyl groups excluding tert-OH is 2. The van der Waals surface area contributed by atoms with Gasteiger partial charge in [0, 0.05) is 29.3 Å². The highest BCUT2D eigenvalue weighted by Gasteiger charge is 2.29. The average molecular weight is 865 g/mol. The maximum Gasteiger partial charge on any atom is 0.303 e. The Morgan fingerprint density at radius 1 is 0.688 bits per heavy atom. The summed E-state index contributed by atoms with van der Waals surface area (Å²) in [7, 11) is 0. The van der Waals surface area contributed by atoms with E-state index in [4.69, 9.17) is 21.4 Å². The fourth-order valence-corrected chi connectivity index (χ4v) is 8.36. The molecule has 0 fully saturated rings. The number of aliphatic carboxylic acids is 2. The van der Waals surface area contributed by atoms with Crippen molar-refractivity contribution in [2.24, 2.45) is 15.0 Å². The maximum absolute atomic E-state index is 11.9. The molecule has 5 rings (SSSR count). The normalized spacial score (nSPS) is 17.4. The van der Waals surface area contributed by atoms with E-state index in [-0.39, 0.29) is 25.7 Å². The van der Waals surface area contributed by atoms with Crippen molar-refractivity contribution in [3.05, 3.63) is 131 Å². The van der Waals surface area contributed by atoms with E-state index in [1.165, 1.54) is 22.3 Å². The zero-order valence-electron chi connectivity index (χ0n) is 38.8. The summed E-state index contributed by atoms with van der Waals surface area (Å²) < 4.78 is 0. The minimum absolute atomic E-state index is 0.0969. The van der Waals surface area contributed by atoms with Crippen LogP contribution in [0, 0.1) is 12.3 Å². The third-order valence-corrected chi connectivity index (χ3v) is 12.1. The van der Waals surface area contributed by atoms with Crippen LogP contribution < -0.4 is 10.6 Å². The van der Waals surface area contributed by atoms with Gasteiger partial charge in [-0.3, -0.25) is 9.59 Å². The van der Waals surface area contributed by atoms with E-state index in [9.17, 15) is 30.0 Å². The number of aromatic nitrogens is 1. The number of hydrogen-bond donors (Lipinski definition) is 5. The van der Waals surface area contributed by atoms with Crippen LogP contribution in [0.4, 0.5) is 0 Å². The maximum atomic E-state index is 11.9. The first-order valence-electron chi connectivity index (χ1n) is 22.3. The van der Waals surface area contributed by atoms with Gasteiger partial charge in [0.15, 0.2) is 0 Å². The number of carbonyl (C=O) groups is 2. The first kappa shape index (κ1) is 48.7. The Hall–Kier alpha value is -6.31. The minimum atomic E-state index is -0.998. The van der Waals surface area contributed by atoms with E-state index < -0.39 is 18.0 Å². The number of aliphatic imine (C=N–C) groups is 3. The van der Waals surface area contributed by atoms with Gasteiger partial charge in [-0.2, -0.15) is 0 Å². The summed E-state index contributed by atoms with van der Waals surface area (Å²) in [5.41, 5.74) is 14.1. The number of aromatic amines is 1. The smallest absolute Gasteiger partial charge is 0.303 e. The number of nitrogens with zero attached hydrogens (tertiary/aromatic N) is 3. The van der Waals surface area contributed by atoms with Crippen LogP contribution in [0.3, 0.4) is 0 Å². The Morgan fingerprint density at radius 2 is 1.22 bits per heavy atom. The summed E-state index contributed by atoms with van der Waals surface area (Å²) >= 11 is 0. The van der Waals surface area contributed by atoms with Crippen molar-refractivity contribution in [2.45, 2.75) is 139 Å². The minimum Gasteiger partial charge on any atom is -0.515 e. The number of hydrogen-bond acceptors (Lipinski definition) is 7. The molecule has 5 N–H and O–H groups in total. The second-order valence-corrected chi connectivity index (χ2v) is 17.4. The van der Waals surface area contributed by atoms with Crippen LogP contribution in [0.25, 0.3) is 18.4 Å². The van der Waals surface area contributed by atoms with Crippen molar-refractivity contribution in [1.29, 1.82) is 0 Å². The van der Waals surface area contributed by atoms with Crippen molar-refractivity contribution in [2.75, 3.05) is 0 Å². The summed E-state index contributed by atoms with van der Waals surface area (Å²) in [5, 5.41) is 42.7. The van der Waals surface area contributed by atoms with Gasteiger partial charge in [0.2, 0.25) is 0 Å². The lowest BCUT2D eigenvalue weighted by Gasteiger charge is -2.14. The van der Waals surface area contributed by atoms with E-state index in [2.05, 4.69) is 69.8 Å². The first-order valence-corrected chi connectivity index (χ1v) is 22.3. The summed E-state index contributed by atoms with van der Waals surface area (Å²) in [6.45, 7) is 16.5. The average Bonchev–Trinajstić information content (AvgIpc) is 3.91. The van der Waals surface area contributed by atoms with E-state index in [1.54, 1.807) is 18.2 Å². The molecular formula is C54H64N4O6. The van der Waals surface area contributed by atoms with Gasteiger partial charge < -0.3 is 25.4 Å². The Morgan fingerprint density at radius 3 is 1.81 bits per heavy atom. The number of allylic oxidation sites excluding steroid dienone is 15. The Labute approximate surface area is 378 Å². The molecule has 5 heterocycles. The monoisotopic (exact) mass is 864 g/mol. The van der Waals surface area contributed by atoms with Crippen molar-refractivity contribution in [3.8, 4) is 12.3 Å². The molecule has 0 unspecified atom stereocenters. The molecule has 0 spiro atoms. The van der Waals surface area contributed by atoms with Crippen LogP contribution in [0.2, 0.25) is 0 Å². The van der Waals surface area contributed by atoms with Gasteiger partial charge in [-0.15, -0.1) is 6.42 Å². The van der Waals surface area contributed by atoms with Crippen molar-refractivity contribution in [1.82, 2.24) is 4.98 Å². The lowest BCUT2D eigenvalue weighted by molar-refractivity contribution is -0.138. The topological polar surface area (TPSA) is 168 Å². The van der Waals surface area contributed by atoms with Gasteiger partial charge in [-0.1, -0.05) is 52.5 Å². The molecule has 4 aliphatic heterocycles. The molecule has 0 radical (unpaired) electrons. The van der Waals surface area contributed by atoms with Crippen LogP contribution in [-0.2, 0) is 16.0 Å². The quantitative estimate of drug-likeness (QED) is 0.0685.